The fourth-order valence-electron chi connectivity index (χ4n) is 3.67. The van der Waals surface area contributed by atoms with E-state index in [1.807, 2.05) is 25.1 Å². The number of ether oxygens (including phenoxy) is 1. The first-order chi connectivity index (χ1) is 11.1. The molecule has 23 heavy (non-hydrogen) atoms. The van der Waals surface area contributed by atoms with Crippen LogP contribution in [0.3, 0.4) is 0 Å². The third-order valence-corrected chi connectivity index (χ3v) is 4.97. The molecule has 0 saturated carbocycles. The Labute approximate surface area is 134 Å². The average molecular weight is 313 g/mol. The van der Waals surface area contributed by atoms with Gasteiger partial charge in [0.25, 0.3) is 0 Å². The van der Waals surface area contributed by atoms with E-state index in [-0.39, 0.29) is 11.8 Å². The van der Waals surface area contributed by atoms with E-state index in [1.54, 1.807) is 12.1 Å². The standard InChI is InChI=1S/C17H19N3O3/c1-17-11-18-14(19-7-9-23-10-8-19)13(17)15(21)20(16(17)22)12-5-3-2-4-6-12/h2-6,13H,7-11H2,1H3. The molecule has 2 saturated heterocycles. The van der Waals surface area contributed by atoms with Crippen molar-refractivity contribution in [2.45, 2.75) is 6.92 Å². The first-order valence-electron chi connectivity index (χ1n) is 7.93. The number of anilines is 1. The topological polar surface area (TPSA) is 62.2 Å². The summed E-state index contributed by atoms with van der Waals surface area (Å²) in [5.74, 6) is -0.0296. The molecule has 2 amide bonds. The number of para-hydroxylation sites is 1. The van der Waals surface area contributed by atoms with Gasteiger partial charge in [0.15, 0.2) is 0 Å². The molecular formula is C17H19N3O3. The van der Waals surface area contributed by atoms with Crippen LogP contribution in [0.2, 0.25) is 0 Å². The van der Waals surface area contributed by atoms with Crippen LogP contribution in [-0.4, -0.2) is 55.4 Å². The van der Waals surface area contributed by atoms with E-state index in [4.69, 9.17) is 4.74 Å². The lowest BCUT2D eigenvalue weighted by molar-refractivity contribution is -0.124. The molecule has 0 radical (unpaired) electrons. The summed E-state index contributed by atoms with van der Waals surface area (Å²) in [6, 6.07) is 9.14. The van der Waals surface area contributed by atoms with Crippen molar-refractivity contribution in [2.24, 2.45) is 16.3 Å². The molecule has 6 nitrogen and oxygen atoms in total. The molecule has 0 N–H and O–H groups in total. The Morgan fingerprint density at radius 2 is 1.87 bits per heavy atom. The third kappa shape index (κ3) is 2.01. The Morgan fingerprint density at radius 3 is 2.57 bits per heavy atom. The second-order valence-electron chi connectivity index (χ2n) is 6.44. The second-order valence-corrected chi connectivity index (χ2v) is 6.44. The number of nitrogens with zero attached hydrogens (tertiary/aromatic N) is 3. The highest BCUT2D eigenvalue weighted by molar-refractivity contribution is 6.30. The van der Waals surface area contributed by atoms with Crippen molar-refractivity contribution in [1.82, 2.24) is 4.90 Å². The fraction of sp³-hybridized carbons (Fsp3) is 0.471. The van der Waals surface area contributed by atoms with Crippen LogP contribution in [0, 0.1) is 11.3 Å². The maximum Gasteiger partial charge on any atom is 0.245 e. The summed E-state index contributed by atoms with van der Waals surface area (Å²) in [4.78, 5) is 34.0. The van der Waals surface area contributed by atoms with Gasteiger partial charge >= 0.3 is 0 Å². The van der Waals surface area contributed by atoms with E-state index in [0.717, 1.165) is 18.9 Å². The van der Waals surface area contributed by atoms with Crippen LogP contribution in [0.4, 0.5) is 5.69 Å². The zero-order valence-electron chi connectivity index (χ0n) is 13.1. The Morgan fingerprint density at radius 1 is 1.17 bits per heavy atom. The molecule has 0 spiro atoms. The zero-order chi connectivity index (χ0) is 16.0. The number of imide groups is 1. The van der Waals surface area contributed by atoms with Crippen molar-refractivity contribution < 1.29 is 14.3 Å². The summed E-state index contributed by atoms with van der Waals surface area (Å²) in [5.41, 5.74) is -0.125. The van der Waals surface area contributed by atoms with Crippen molar-refractivity contribution >= 4 is 23.3 Å². The monoisotopic (exact) mass is 313 g/mol. The molecule has 1 aromatic rings. The Bertz CT molecular complexity index is 682. The molecule has 3 aliphatic heterocycles. The van der Waals surface area contributed by atoms with Crippen LogP contribution in [0.15, 0.2) is 35.3 Å². The number of carbonyl (C=O) groups excluding carboxylic acids is 2. The van der Waals surface area contributed by atoms with Gasteiger partial charge in [-0.25, -0.2) is 4.90 Å². The average Bonchev–Trinajstić information content (AvgIpc) is 3.03. The van der Waals surface area contributed by atoms with Crippen molar-refractivity contribution in [2.75, 3.05) is 37.7 Å². The van der Waals surface area contributed by atoms with Crippen molar-refractivity contribution in [3.05, 3.63) is 30.3 Å². The number of morpholine rings is 1. The van der Waals surface area contributed by atoms with Crippen LogP contribution >= 0.6 is 0 Å². The van der Waals surface area contributed by atoms with Gasteiger partial charge in [0.2, 0.25) is 11.8 Å². The van der Waals surface area contributed by atoms with Crippen LogP contribution in [0.25, 0.3) is 0 Å². The van der Waals surface area contributed by atoms with Gasteiger partial charge < -0.3 is 9.64 Å². The lowest BCUT2D eigenvalue weighted by Gasteiger charge is -2.31. The summed E-state index contributed by atoms with van der Waals surface area (Å²) in [7, 11) is 0. The third-order valence-electron chi connectivity index (χ3n) is 4.97. The molecule has 0 aliphatic carbocycles. The van der Waals surface area contributed by atoms with Crippen LogP contribution in [0.1, 0.15) is 6.92 Å². The predicted molar refractivity (Wildman–Crippen MR) is 85.2 cm³/mol. The normalized spacial score (nSPS) is 30.7. The number of aliphatic imine (C=N–C) groups is 1. The van der Waals surface area contributed by atoms with E-state index in [1.165, 1.54) is 4.90 Å². The minimum absolute atomic E-state index is 0.147. The maximum absolute atomic E-state index is 13.0. The maximum atomic E-state index is 13.0. The molecular weight excluding hydrogens is 294 g/mol. The smallest absolute Gasteiger partial charge is 0.245 e. The van der Waals surface area contributed by atoms with E-state index in [0.29, 0.717) is 25.4 Å². The summed E-state index contributed by atoms with van der Waals surface area (Å²) in [6.45, 7) is 4.94. The summed E-state index contributed by atoms with van der Waals surface area (Å²) in [6.07, 6.45) is 0. The number of carbonyl (C=O) groups is 2. The number of fused-ring (bicyclic) bond motifs is 1. The first-order valence-corrected chi connectivity index (χ1v) is 7.93. The number of amidine groups is 1. The highest BCUT2D eigenvalue weighted by atomic mass is 16.5. The molecule has 120 valence electrons. The highest BCUT2D eigenvalue weighted by Gasteiger charge is 2.62. The minimum atomic E-state index is -0.763. The highest BCUT2D eigenvalue weighted by Crippen LogP contribution is 2.45. The van der Waals surface area contributed by atoms with Gasteiger partial charge in [0.1, 0.15) is 11.8 Å². The molecule has 0 bridgehead atoms. The first kappa shape index (κ1) is 14.4. The van der Waals surface area contributed by atoms with Gasteiger partial charge in [-0.3, -0.25) is 14.6 Å². The summed E-state index contributed by atoms with van der Waals surface area (Å²) < 4.78 is 5.38. The number of hydrogen-bond acceptors (Lipinski definition) is 5. The lowest BCUT2D eigenvalue weighted by Crippen LogP contribution is -2.46. The van der Waals surface area contributed by atoms with Crippen LogP contribution < -0.4 is 4.90 Å². The van der Waals surface area contributed by atoms with Gasteiger partial charge in [0.05, 0.1) is 30.9 Å². The molecule has 3 heterocycles. The molecule has 4 rings (SSSR count). The Hall–Kier alpha value is -2.21. The van der Waals surface area contributed by atoms with E-state index < -0.39 is 11.3 Å². The molecule has 2 fully saturated rings. The zero-order valence-corrected chi connectivity index (χ0v) is 13.1. The Kier molecular flexibility index (Phi) is 3.23. The SMILES string of the molecule is CC12CN=C(N3CCOCC3)C1C(=O)N(c1ccccc1)C2=O. The van der Waals surface area contributed by atoms with E-state index in [2.05, 4.69) is 9.89 Å². The second kappa shape index (κ2) is 5.16. The minimum Gasteiger partial charge on any atom is -0.378 e. The number of benzene rings is 1. The largest absolute Gasteiger partial charge is 0.378 e. The van der Waals surface area contributed by atoms with Gasteiger partial charge in [-0.2, -0.15) is 0 Å². The van der Waals surface area contributed by atoms with Gasteiger partial charge in [-0.1, -0.05) is 18.2 Å². The Balaban J connectivity index is 1.69. The van der Waals surface area contributed by atoms with E-state index >= 15 is 0 Å². The van der Waals surface area contributed by atoms with Crippen LogP contribution in [0.5, 0.6) is 0 Å². The molecule has 2 atom stereocenters. The molecule has 6 heteroatoms. The predicted octanol–water partition coefficient (Wildman–Crippen LogP) is 0.927. The van der Waals surface area contributed by atoms with Crippen LogP contribution in [-0.2, 0) is 14.3 Å². The fourth-order valence-corrected chi connectivity index (χ4v) is 3.67. The summed E-state index contributed by atoms with van der Waals surface area (Å²) >= 11 is 0. The summed E-state index contributed by atoms with van der Waals surface area (Å²) in [5, 5.41) is 0. The van der Waals surface area contributed by atoms with Gasteiger partial charge in [0, 0.05) is 13.1 Å². The van der Waals surface area contributed by atoms with Gasteiger partial charge in [-0.05, 0) is 19.1 Å². The number of amides is 2. The molecule has 3 aliphatic rings. The van der Waals surface area contributed by atoms with Gasteiger partial charge in [-0.15, -0.1) is 0 Å². The number of hydrogen-bond donors (Lipinski definition) is 0. The molecule has 2 unspecified atom stereocenters. The van der Waals surface area contributed by atoms with Crippen molar-refractivity contribution in [3.63, 3.8) is 0 Å². The molecule has 1 aromatic carbocycles. The van der Waals surface area contributed by atoms with E-state index in [9.17, 15) is 9.59 Å². The quantitative estimate of drug-likeness (QED) is 0.724. The lowest BCUT2D eigenvalue weighted by atomic mass is 9.80. The number of rotatable bonds is 1. The van der Waals surface area contributed by atoms with Crippen molar-refractivity contribution in [3.8, 4) is 0 Å². The molecule has 0 aromatic heterocycles. The van der Waals surface area contributed by atoms with Crippen molar-refractivity contribution in [1.29, 1.82) is 0 Å².